The van der Waals surface area contributed by atoms with Crippen LogP contribution in [0.2, 0.25) is 0 Å². The molecule has 6 nitrogen and oxygen atoms in total. The highest BCUT2D eigenvalue weighted by Gasteiger charge is 2.25. The second kappa shape index (κ2) is 7.26. The van der Waals surface area contributed by atoms with E-state index in [0.717, 1.165) is 25.7 Å². The van der Waals surface area contributed by atoms with Gasteiger partial charge in [0.05, 0.1) is 12.8 Å². The van der Waals surface area contributed by atoms with E-state index in [0.29, 0.717) is 17.1 Å². The average Bonchev–Trinajstić information content (AvgIpc) is 2.48. The maximum Gasteiger partial charge on any atom is 0.227 e. The van der Waals surface area contributed by atoms with Gasteiger partial charge in [-0.1, -0.05) is 6.42 Å². The van der Waals surface area contributed by atoms with Crippen molar-refractivity contribution in [1.82, 2.24) is 0 Å². The number of anilines is 2. The summed E-state index contributed by atoms with van der Waals surface area (Å²) in [5.74, 6) is 0.286. The van der Waals surface area contributed by atoms with Crippen molar-refractivity contribution < 1.29 is 14.3 Å². The van der Waals surface area contributed by atoms with Crippen LogP contribution in [0.1, 0.15) is 32.6 Å². The second-order valence-corrected chi connectivity index (χ2v) is 5.71. The Hall–Kier alpha value is -2.08. The summed E-state index contributed by atoms with van der Waals surface area (Å²) >= 11 is 0. The van der Waals surface area contributed by atoms with Crippen LogP contribution in [0.15, 0.2) is 18.2 Å². The Bertz CT molecular complexity index is 560. The average molecular weight is 305 g/mol. The van der Waals surface area contributed by atoms with E-state index in [1.807, 2.05) is 0 Å². The molecular weight excluding hydrogens is 282 g/mol. The molecule has 1 saturated carbocycles. The number of amides is 2. The Morgan fingerprint density at radius 2 is 2.05 bits per heavy atom. The van der Waals surface area contributed by atoms with Gasteiger partial charge in [0.15, 0.2) is 0 Å². The van der Waals surface area contributed by atoms with Gasteiger partial charge in [0.1, 0.15) is 5.75 Å². The normalized spacial score (nSPS) is 21.0. The van der Waals surface area contributed by atoms with Gasteiger partial charge in [-0.2, -0.15) is 0 Å². The highest BCUT2D eigenvalue weighted by atomic mass is 16.5. The quantitative estimate of drug-likeness (QED) is 0.794. The zero-order valence-corrected chi connectivity index (χ0v) is 13.0. The number of carbonyl (C=O) groups is 2. The first-order chi connectivity index (χ1) is 10.5. The molecule has 4 N–H and O–H groups in total. The lowest BCUT2D eigenvalue weighted by molar-refractivity contribution is -0.121. The van der Waals surface area contributed by atoms with E-state index in [-0.39, 0.29) is 23.8 Å². The van der Waals surface area contributed by atoms with Crippen molar-refractivity contribution in [1.29, 1.82) is 0 Å². The summed E-state index contributed by atoms with van der Waals surface area (Å²) in [6, 6.07) is 5.27. The zero-order chi connectivity index (χ0) is 16.1. The van der Waals surface area contributed by atoms with Crippen LogP contribution >= 0.6 is 0 Å². The summed E-state index contributed by atoms with van der Waals surface area (Å²) in [7, 11) is 1.52. The fourth-order valence-corrected chi connectivity index (χ4v) is 2.77. The van der Waals surface area contributed by atoms with Gasteiger partial charge in [-0.15, -0.1) is 0 Å². The predicted molar refractivity (Wildman–Crippen MR) is 85.9 cm³/mol. The van der Waals surface area contributed by atoms with E-state index in [9.17, 15) is 9.59 Å². The van der Waals surface area contributed by atoms with Gasteiger partial charge < -0.3 is 21.1 Å². The first-order valence-corrected chi connectivity index (χ1v) is 7.51. The molecule has 2 rings (SSSR count). The van der Waals surface area contributed by atoms with E-state index < -0.39 is 0 Å². The molecule has 0 aliphatic heterocycles. The molecule has 1 aromatic carbocycles. The van der Waals surface area contributed by atoms with Crippen LogP contribution in [0, 0.1) is 5.92 Å². The van der Waals surface area contributed by atoms with Crippen LogP contribution in [-0.4, -0.2) is 25.0 Å². The zero-order valence-electron chi connectivity index (χ0n) is 13.0. The van der Waals surface area contributed by atoms with Gasteiger partial charge in [0, 0.05) is 30.6 Å². The predicted octanol–water partition coefficient (Wildman–Crippen LogP) is 2.11. The summed E-state index contributed by atoms with van der Waals surface area (Å²) in [5, 5.41) is 5.58. The summed E-state index contributed by atoms with van der Waals surface area (Å²) in [6.07, 6.45) is 3.58. The molecule has 22 heavy (non-hydrogen) atoms. The smallest absolute Gasteiger partial charge is 0.227 e. The fraction of sp³-hybridized carbons (Fsp3) is 0.500. The lowest BCUT2D eigenvalue weighted by atomic mass is 9.85. The van der Waals surface area contributed by atoms with Crippen LogP contribution in [0.3, 0.4) is 0 Å². The molecule has 0 bridgehead atoms. The molecular formula is C16H23N3O3. The first-order valence-electron chi connectivity index (χ1n) is 7.51. The third-order valence-electron chi connectivity index (χ3n) is 3.87. The molecule has 0 radical (unpaired) electrons. The van der Waals surface area contributed by atoms with Gasteiger partial charge in [-0.25, -0.2) is 0 Å². The second-order valence-electron chi connectivity index (χ2n) is 5.71. The molecule has 2 unspecified atom stereocenters. The minimum absolute atomic E-state index is 0.00974. The molecule has 1 fully saturated rings. The maximum absolute atomic E-state index is 12.3. The van der Waals surface area contributed by atoms with Crippen molar-refractivity contribution in [2.24, 2.45) is 11.7 Å². The fourth-order valence-electron chi connectivity index (χ4n) is 2.77. The van der Waals surface area contributed by atoms with E-state index in [1.54, 1.807) is 18.2 Å². The van der Waals surface area contributed by atoms with Crippen LogP contribution < -0.4 is 21.1 Å². The van der Waals surface area contributed by atoms with Crippen molar-refractivity contribution in [3.8, 4) is 5.75 Å². The molecule has 2 amide bonds. The monoisotopic (exact) mass is 305 g/mol. The highest BCUT2D eigenvalue weighted by molar-refractivity contribution is 5.94. The van der Waals surface area contributed by atoms with Gasteiger partial charge in [-0.3, -0.25) is 9.59 Å². The van der Waals surface area contributed by atoms with Crippen molar-refractivity contribution in [2.45, 2.75) is 38.6 Å². The largest absolute Gasteiger partial charge is 0.494 e. The Morgan fingerprint density at radius 1 is 1.27 bits per heavy atom. The molecule has 0 aromatic heterocycles. The number of carbonyl (C=O) groups excluding carboxylic acids is 2. The molecule has 6 heteroatoms. The number of nitrogens with two attached hydrogens (primary N) is 1. The molecule has 2 atom stereocenters. The topological polar surface area (TPSA) is 93.4 Å². The molecule has 0 saturated heterocycles. The van der Waals surface area contributed by atoms with Crippen LogP contribution in [-0.2, 0) is 9.59 Å². The standard InChI is InChI=1S/C16H23N3O3/c1-10(20)18-14-7-6-13(9-15(14)22-2)19-16(21)11-4-3-5-12(17)8-11/h6-7,9,11-12H,3-5,8,17H2,1-2H3,(H,18,20)(H,19,21). The molecule has 0 heterocycles. The number of ether oxygens (including phenoxy) is 1. The molecule has 1 aromatic rings. The number of hydrogen-bond acceptors (Lipinski definition) is 4. The summed E-state index contributed by atoms with van der Waals surface area (Å²) in [4.78, 5) is 23.4. The summed E-state index contributed by atoms with van der Waals surface area (Å²) in [6.45, 7) is 1.43. The first kappa shape index (κ1) is 16.3. The Kier molecular flexibility index (Phi) is 5.38. The third kappa shape index (κ3) is 4.21. The van der Waals surface area contributed by atoms with Crippen LogP contribution in [0.25, 0.3) is 0 Å². The lowest BCUT2D eigenvalue weighted by Gasteiger charge is -2.25. The van der Waals surface area contributed by atoms with Crippen LogP contribution in [0.4, 0.5) is 11.4 Å². The molecule has 120 valence electrons. The lowest BCUT2D eigenvalue weighted by Crippen LogP contribution is -2.34. The van der Waals surface area contributed by atoms with Gasteiger partial charge in [0.2, 0.25) is 11.8 Å². The molecule has 0 spiro atoms. The van der Waals surface area contributed by atoms with Crippen molar-refractivity contribution >= 4 is 23.2 Å². The van der Waals surface area contributed by atoms with Gasteiger partial charge in [-0.05, 0) is 31.4 Å². The number of benzene rings is 1. The Balaban J connectivity index is 2.06. The van der Waals surface area contributed by atoms with Crippen molar-refractivity contribution in [2.75, 3.05) is 17.7 Å². The molecule has 1 aliphatic carbocycles. The number of rotatable bonds is 4. The SMILES string of the molecule is COc1cc(NC(=O)C2CCCC(N)C2)ccc1NC(C)=O. The highest BCUT2D eigenvalue weighted by Crippen LogP contribution is 2.29. The minimum Gasteiger partial charge on any atom is -0.494 e. The summed E-state index contributed by atoms with van der Waals surface area (Å²) in [5.41, 5.74) is 7.15. The van der Waals surface area contributed by atoms with Crippen molar-refractivity contribution in [3.63, 3.8) is 0 Å². The van der Waals surface area contributed by atoms with E-state index in [1.165, 1.54) is 14.0 Å². The third-order valence-corrected chi connectivity index (χ3v) is 3.87. The van der Waals surface area contributed by atoms with Crippen LogP contribution in [0.5, 0.6) is 5.75 Å². The van der Waals surface area contributed by atoms with E-state index >= 15 is 0 Å². The maximum atomic E-state index is 12.3. The van der Waals surface area contributed by atoms with Gasteiger partial charge >= 0.3 is 0 Å². The number of nitrogens with one attached hydrogen (secondary N) is 2. The van der Waals surface area contributed by atoms with Crippen molar-refractivity contribution in [3.05, 3.63) is 18.2 Å². The molecule has 1 aliphatic rings. The summed E-state index contributed by atoms with van der Waals surface area (Å²) < 4.78 is 5.24. The number of hydrogen-bond donors (Lipinski definition) is 3. The number of methoxy groups -OCH3 is 1. The Labute approximate surface area is 130 Å². The van der Waals surface area contributed by atoms with E-state index in [2.05, 4.69) is 10.6 Å². The minimum atomic E-state index is -0.175. The van der Waals surface area contributed by atoms with E-state index in [4.69, 9.17) is 10.5 Å². The van der Waals surface area contributed by atoms with Gasteiger partial charge in [0.25, 0.3) is 0 Å². The Morgan fingerprint density at radius 3 is 2.68 bits per heavy atom.